The van der Waals surface area contributed by atoms with Gasteiger partial charge < -0.3 is 14.6 Å². The normalized spacial score (nSPS) is 11.9. The molecule has 0 spiro atoms. The van der Waals surface area contributed by atoms with Gasteiger partial charge in [0.05, 0.1) is 5.97 Å². The van der Waals surface area contributed by atoms with Crippen molar-refractivity contribution in [1.82, 2.24) is 14.8 Å². The van der Waals surface area contributed by atoms with Crippen LogP contribution < -0.4 is 9.84 Å². The van der Waals surface area contributed by atoms with Crippen LogP contribution in [0.15, 0.2) is 59.8 Å². The van der Waals surface area contributed by atoms with E-state index in [0.29, 0.717) is 11.0 Å². The zero-order chi connectivity index (χ0) is 18.5. The fraction of sp³-hybridized carbons (Fsp3) is 0.211. The third-order valence-electron chi connectivity index (χ3n) is 3.78. The SMILES string of the molecule is Cc1ccccc1OCc1nnc(S[C@H](C)C(=O)[O-])n1-c1ccccc1. The number of aromatic nitrogens is 3. The fourth-order valence-electron chi connectivity index (χ4n) is 2.37. The van der Waals surface area contributed by atoms with Crippen molar-refractivity contribution in [2.24, 2.45) is 0 Å². The van der Waals surface area contributed by atoms with Crippen molar-refractivity contribution < 1.29 is 14.6 Å². The Labute approximate surface area is 155 Å². The van der Waals surface area contributed by atoms with Crippen LogP contribution in [0.25, 0.3) is 5.69 Å². The Balaban J connectivity index is 1.91. The number of rotatable bonds is 7. The molecular formula is C19H18N3O3S-. The minimum atomic E-state index is -1.14. The summed E-state index contributed by atoms with van der Waals surface area (Å²) in [7, 11) is 0. The predicted molar refractivity (Wildman–Crippen MR) is 97.2 cm³/mol. The largest absolute Gasteiger partial charge is 0.549 e. The van der Waals surface area contributed by atoms with Gasteiger partial charge >= 0.3 is 0 Å². The first-order chi connectivity index (χ1) is 12.6. The molecule has 0 N–H and O–H groups in total. The highest BCUT2D eigenvalue weighted by atomic mass is 32.2. The van der Waals surface area contributed by atoms with Gasteiger partial charge in [0.25, 0.3) is 0 Å². The Hall–Kier alpha value is -2.80. The second kappa shape index (κ2) is 8.05. The number of thioether (sulfide) groups is 1. The lowest BCUT2D eigenvalue weighted by atomic mass is 10.2. The number of carboxylic acid groups (broad SMARTS) is 1. The molecule has 0 saturated carbocycles. The highest BCUT2D eigenvalue weighted by Crippen LogP contribution is 2.26. The minimum absolute atomic E-state index is 0.215. The van der Waals surface area contributed by atoms with E-state index in [4.69, 9.17) is 4.74 Å². The lowest BCUT2D eigenvalue weighted by Gasteiger charge is -2.14. The summed E-state index contributed by atoms with van der Waals surface area (Å²) in [5, 5.41) is 19.2. The Morgan fingerprint density at radius 3 is 2.54 bits per heavy atom. The summed E-state index contributed by atoms with van der Waals surface area (Å²) in [5.41, 5.74) is 1.87. The molecule has 1 aromatic heterocycles. The quantitative estimate of drug-likeness (QED) is 0.596. The predicted octanol–water partition coefficient (Wildman–Crippen LogP) is 2.39. The molecule has 0 fully saturated rings. The van der Waals surface area contributed by atoms with Gasteiger partial charge in [-0.3, -0.25) is 4.57 Å². The Morgan fingerprint density at radius 1 is 1.15 bits per heavy atom. The topological polar surface area (TPSA) is 80.1 Å². The summed E-state index contributed by atoms with van der Waals surface area (Å²) < 4.78 is 7.70. The number of carbonyl (C=O) groups excluding carboxylic acids is 1. The van der Waals surface area contributed by atoms with Crippen molar-refractivity contribution in [1.29, 1.82) is 0 Å². The van der Waals surface area contributed by atoms with E-state index in [1.54, 1.807) is 6.92 Å². The molecule has 1 atom stereocenters. The fourth-order valence-corrected chi connectivity index (χ4v) is 3.19. The van der Waals surface area contributed by atoms with Gasteiger partial charge in [0, 0.05) is 10.9 Å². The number of carboxylic acids is 1. The maximum absolute atomic E-state index is 11.1. The van der Waals surface area contributed by atoms with Gasteiger partial charge in [-0.2, -0.15) is 0 Å². The molecular weight excluding hydrogens is 350 g/mol. The highest BCUT2D eigenvalue weighted by molar-refractivity contribution is 8.00. The molecule has 0 unspecified atom stereocenters. The number of carbonyl (C=O) groups is 1. The Kier molecular flexibility index (Phi) is 5.58. The maximum atomic E-state index is 11.1. The number of aryl methyl sites for hydroxylation is 1. The molecule has 3 aromatic rings. The maximum Gasteiger partial charge on any atom is 0.196 e. The van der Waals surface area contributed by atoms with Gasteiger partial charge in [-0.15, -0.1) is 10.2 Å². The zero-order valence-corrected chi connectivity index (χ0v) is 15.3. The smallest absolute Gasteiger partial charge is 0.196 e. The molecule has 7 heteroatoms. The summed E-state index contributed by atoms with van der Waals surface area (Å²) in [6.07, 6.45) is 0. The van der Waals surface area contributed by atoms with Crippen LogP contribution in [-0.4, -0.2) is 26.0 Å². The number of nitrogens with zero attached hydrogens (tertiary/aromatic N) is 3. The van der Waals surface area contributed by atoms with E-state index in [0.717, 1.165) is 28.8 Å². The number of hydrogen-bond donors (Lipinski definition) is 0. The summed E-state index contributed by atoms with van der Waals surface area (Å²) in [4.78, 5) is 11.1. The van der Waals surface area contributed by atoms with Crippen molar-refractivity contribution in [2.45, 2.75) is 30.9 Å². The molecule has 26 heavy (non-hydrogen) atoms. The number of benzene rings is 2. The van der Waals surface area contributed by atoms with E-state index >= 15 is 0 Å². The summed E-state index contributed by atoms with van der Waals surface area (Å²) >= 11 is 1.09. The van der Waals surface area contributed by atoms with Crippen LogP contribution in [-0.2, 0) is 11.4 Å². The second-order valence-electron chi connectivity index (χ2n) is 5.70. The van der Waals surface area contributed by atoms with Crippen LogP contribution in [0.5, 0.6) is 5.75 Å². The third-order valence-corrected chi connectivity index (χ3v) is 4.80. The van der Waals surface area contributed by atoms with Gasteiger partial charge in [0.2, 0.25) is 0 Å². The van der Waals surface area contributed by atoms with E-state index in [1.807, 2.05) is 66.1 Å². The van der Waals surface area contributed by atoms with E-state index in [9.17, 15) is 9.90 Å². The number of para-hydroxylation sites is 2. The van der Waals surface area contributed by atoms with Crippen molar-refractivity contribution in [2.75, 3.05) is 0 Å². The first-order valence-corrected chi connectivity index (χ1v) is 9.00. The number of ether oxygens (including phenoxy) is 1. The lowest BCUT2D eigenvalue weighted by molar-refractivity contribution is -0.304. The molecule has 0 aliphatic carbocycles. The van der Waals surface area contributed by atoms with E-state index in [2.05, 4.69) is 10.2 Å². The molecule has 3 rings (SSSR count). The Bertz CT molecular complexity index is 896. The van der Waals surface area contributed by atoms with Crippen LogP contribution in [0.2, 0.25) is 0 Å². The van der Waals surface area contributed by atoms with Gasteiger partial charge in [-0.05, 0) is 37.6 Å². The summed E-state index contributed by atoms with van der Waals surface area (Å²) in [6, 6.07) is 17.3. The first kappa shape index (κ1) is 18.0. The van der Waals surface area contributed by atoms with E-state index in [1.165, 1.54) is 0 Å². The summed E-state index contributed by atoms with van der Waals surface area (Å²) in [6.45, 7) is 3.75. The standard InChI is InChI=1S/C19H19N3O3S/c1-13-8-6-7-11-16(13)25-12-17-20-21-19(26-14(2)18(23)24)22(17)15-9-4-3-5-10-15/h3-11,14H,12H2,1-2H3,(H,23,24)/p-1/t14-/m1/s1. The third kappa shape index (κ3) is 4.05. The molecule has 0 saturated heterocycles. The van der Waals surface area contributed by atoms with Crippen molar-refractivity contribution >= 4 is 17.7 Å². The molecule has 1 heterocycles. The van der Waals surface area contributed by atoms with Crippen LogP contribution >= 0.6 is 11.8 Å². The van der Waals surface area contributed by atoms with Crippen LogP contribution in [0.4, 0.5) is 0 Å². The van der Waals surface area contributed by atoms with Crippen molar-refractivity contribution in [3.8, 4) is 11.4 Å². The summed E-state index contributed by atoms with van der Waals surface area (Å²) in [5.74, 6) is 0.218. The second-order valence-corrected chi connectivity index (χ2v) is 7.01. The first-order valence-electron chi connectivity index (χ1n) is 8.12. The van der Waals surface area contributed by atoms with Gasteiger partial charge in [-0.1, -0.05) is 48.2 Å². The molecule has 0 aliphatic rings. The molecule has 2 aromatic carbocycles. The van der Waals surface area contributed by atoms with Crippen LogP contribution in [0, 0.1) is 6.92 Å². The van der Waals surface area contributed by atoms with Gasteiger partial charge in [-0.25, -0.2) is 0 Å². The van der Waals surface area contributed by atoms with Gasteiger partial charge in [0.15, 0.2) is 11.0 Å². The van der Waals surface area contributed by atoms with Gasteiger partial charge in [0.1, 0.15) is 12.4 Å². The van der Waals surface area contributed by atoms with Crippen molar-refractivity contribution in [3.63, 3.8) is 0 Å². The lowest BCUT2D eigenvalue weighted by Crippen LogP contribution is -2.31. The minimum Gasteiger partial charge on any atom is -0.549 e. The monoisotopic (exact) mass is 368 g/mol. The molecule has 0 bridgehead atoms. The molecule has 0 radical (unpaired) electrons. The van der Waals surface area contributed by atoms with E-state index < -0.39 is 11.2 Å². The van der Waals surface area contributed by atoms with Crippen LogP contribution in [0.3, 0.4) is 0 Å². The van der Waals surface area contributed by atoms with E-state index in [-0.39, 0.29) is 6.61 Å². The average Bonchev–Trinajstić information content (AvgIpc) is 3.04. The Morgan fingerprint density at radius 2 is 1.85 bits per heavy atom. The number of hydrogen-bond acceptors (Lipinski definition) is 6. The average molecular weight is 368 g/mol. The number of aliphatic carboxylic acids is 1. The molecule has 0 amide bonds. The zero-order valence-electron chi connectivity index (χ0n) is 14.5. The van der Waals surface area contributed by atoms with Crippen LogP contribution in [0.1, 0.15) is 18.3 Å². The molecule has 6 nitrogen and oxygen atoms in total. The van der Waals surface area contributed by atoms with Crippen molar-refractivity contribution in [3.05, 3.63) is 66.0 Å². The molecule has 0 aliphatic heterocycles. The molecule has 134 valence electrons. The highest BCUT2D eigenvalue weighted by Gasteiger charge is 2.18.